The van der Waals surface area contributed by atoms with Crippen LogP contribution in [0, 0.1) is 39.7 Å². The van der Waals surface area contributed by atoms with Crippen molar-refractivity contribution < 1.29 is 19.7 Å². The molecular weight excluding hydrogens is 404 g/mol. The number of carbonyl (C=O) groups is 1. The lowest BCUT2D eigenvalue weighted by molar-refractivity contribution is -0.383. The Kier molecular flexibility index (Phi) is 5.84. The van der Waals surface area contributed by atoms with Gasteiger partial charge in [-0.15, -0.1) is 0 Å². The van der Waals surface area contributed by atoms with E-state index >= 15 is 0 Å². The summed E-state index contributed by atoms with van der Waals surface area (Å²) in [5.74, 6) is 2.44. The Morgan fingerprint density at radius 3 is 2.52 bits per heavy atom. The summed E-state index contributed by atoms with van der Waals surface area (Å²) in [5.41, 5.74) is 6.09. The fraction of sp³-hybridized carbons (Fsp3) is 0.650. The third-order valence-corrected chi connectivity index (χ3v) is 6.91. The highest BCUT2D eigenvalue weighted by Crippen LogP contribution is 2.56. The van der Waals surface area contributed by atoms with Gasteiger partial charge in [-0.3, -0.25) is 15.4 Å². The Morgan fingerprint density at radius 2 is 1.97 bits per heavy atom. The molecule has 1 amide bonds. The Bertz CT molecular complexity index is 876. The van der Waals surface area contributed by atoms with Gasteiger partial charge < -0.3 is 21.0 Å². The summed E-state index contributed by atoms with van der Waals surface area (Å²) in [6, 6.07) is 1.33. The summed E-state index contributed by atoms with van der Waals surface area (Å²) in [5, 5.41) is 30.3. The van der Waals surface area contributed by atoms with Crippen LogP contribution in [-0.4, -0.2) is 40.1 Å². The van der Waals surface area contributed by atoms with E-state index in [9.17, 15) is 20.1 Å². The minimum atomic E-state index is -0.736. The van der Waals surface area contributed by atoms with Gasteiger partial charge >= 0.3 is 11.8 Å². The van der Waals surface area contributed by atoms with Crippen LogP contribution in [0.2, 0.25) is 0 Å². The first-order valence-corrected chi connectivity index (χ1v) is 10.7. The molecule has 0 unspecified atom stereocenters. The van der Waals surface area contributed by atoms with Crippen molar-refractivity contribution in [3.8, 4) is 0 Å². The number of carbonyl (C=O) groups excluding carboxylic acids is 1. The standard InChI is InChI=1S/C20H28N6O5/c1-2-31-20(27)24-16-8-14(18(26(29)30)19(21)23-16)22-9-15(25-28)17-12-4-10-3-11(6-12)7-13(17)5-10/h8,10-13,17,28H,2-7,9H2,1H3,(H4,21,22,23,24,27)/b25-15+. The second kappa shape index (κ2) is 8.56. The zero-order valence-corrected chi connectivity index (χ0v) is 17.4. The summed E-state index contributed by atoms with van der Waals surface area (Å²) in [6.07, 6.45) is 5.22. The summed E-state index contributed by atoms with van der Waals surface area (Å²) >= 11 is 0. The number of pyridine rings is 1. The van der Waals surface area contributed by atoms with Gasteiger partial charge in [-0.2, -0.15) is 0 Å². The topological polar surface area (TPSA) is 165 Å². The Morgan fingerprint density at radius 1 is 1.32 bits per heavy atom. The molecule has 4 saturated carbocycles. The lowest BCUT2D eigenvalue weighted by Gasteiger charge is -2.54. The van der Waals surface area contributed by atoms with Crippen LogP contribution in [0.4, 0.5) is 27.8 Å². The highest BCUT2D eigenvalue weighted by Gasteiger charge is 2.49. The molecule has 4 bridgehead atoms. The number of hydrogen-bond donors (Lipinski definition) is 4. The van der Waals surface area contributed by atoms with Gasteiger partial charge in [0.2, 0.25) is 5.82 Å². The number of hydrogen-bond acceptors (Lipinski definition) is 9. The van der Waals surface area contributed by atoms with Gasteiger partial charge in [-0.1, -0.05) is 5.16 Å². The molecular formula is C20H28N6O5. The number of nitrogens with one attached hydrogen (secondary N) is 2. The van der Waals surface area contributed by atoms with Crippen molar-refractivity contribution >= 4 is 34.8 Å². The van der Waals surface area contributed by atoms with Crippen LogP contribution in [0.15, 0.2) is 11.2 Å². The maximum absolute atomic E-state index is 11.7. The summed E-state index contributed by atoms with van der Waals surface area (Å²) in [6.45, 7) is 1.97. The normalized spacial score (nSPS) is 28.9. The first kappa shape index (κ1) is 21.1. The Labute approximate surface area is 179 Å². The van der Waals surface area contributed by atoms with E-state index in [-0.39, 0.29) is 36.4 Å². The number of oxime groups is 1. The molecule has 5 rings (SSSR count). The van der Waals surface area contributed by atoms with Crippen molar-refractivity contribution in [2.24, 2.45) is 34.7 Å². The van der Waals surface area contributed by atoms with Gasteiger partial charge in [0.05, 0.1) is 23.8 Å². The number of ether oxygens (including phenoxy) is 1. The Hall–Kier alpha value is -3.11. The van der Waals surface area contributed by atoms with Crippen molar-refractivity contribution in [2.45, 2.75) is 39.0 Å². The molecule has 0 atom stereocenters. The van der Waals surface area contributed by atoms with Crippen LogP contribution in [0.1, 0.15) is 39.0 Å². The third-order valence-electron chi connectivity index (χ3n) is 6.91. The second-order valence-corrected chi connectivity index (χ2v) is 8.79. The van der Waals surface area contributed by atoms with E-state index in [1.54, 1.807) is 6.92 Å². The predicted molar refractivity (Wildman–Crippen MR) is 114 cm³/mol. The van der Waals surface area contributed by atoms with E-state index in [2.05, 4.69) is 20.8 Å². The molecule has 0 radical (unpaired) electrons. The monoisotopic (exact) mass is 432 g/mol. The smallest absolute Gasteiger partial charge is 0.412 e. The van der Waals surface area contributed by atoms with Crippen molar-refractivity contribution in [2.75, 3.05) is 29.5 Å². The van der Waals surface area contributed by atoms with Gasteiger partial charge in [0, 0.05) is 12.0 Å². The van der Waals surface area contributed by atoms with Crippen molar-refractivity contribution in [3.05, 3.63) is 16.2 Å². The zero-order valence-electron chi connectivity index (χ0n) is 17.4. The van der Waals surface area contributed by atoms with Crippen LogP contribution in [0.5, 0.6) is 0 Å². The maximum atomic E-state index is 11.7. The molecule has 1 aromatic heterocycles. The lowest BCUT2D eigenvalue weighted by Crippen LogP contribution is -2.49. The number of amides is 1. The number of rotatable bonds is 7. The molecule has 4 aliphatic carbocycles. The van der Waals surface area contributed by atoms with E-state index in [1.165, 1.54) is 12.5 Å². The molecule has 0 aromatic carbocycles. The average molecular weight is 432 g/mol. The minimum Gasteiger partial charge on any atom is -0.450 e. The molecule has 1 heterocycles. The predicted octanol–water partition coefficient (Wildman–Crippen LogP) is 3.45. The number of nitrogens with zero attached hydrogens (tertiary/aromatic N) is 3. The van der Waals surface area contributed by atoms with Gasteiger partial charge in [0.1, 0.15) is 11.5 Å². The van der Waals surface area contributed by atoms with E-state index in [1.807, 2.05) is 0 Å². The molecule has 11 nitrogen and oxygen atoms in total. The van der Waals surface area contributed by atoms with Gasteiger partial charge in [-0.05, 0) is 62.7 Å². The fourth-order valence-corrected chi connectivity index (χ4v) is 6.10. The van der Waals surface area contributed by atoms with Crippen LogP contribution in [0.25, 0.3) is 0 Å². The number of nitrogens with two attached hydrogens (primary N) is 1. The van der Waals surface area contributed by atoms with E-state index < -0.39 is 16.7 Å². The van der Waals surface area contributed by atoms with Crippen molar-refractivity contribution in [1.29, 1.82) is 0 Å². The van der Waals surface area contributed by atoms with E-state index in [0.29, 0.717) is 17.5 Å². The second-order valence-electron chi connectivity index (χ2n) is 8.79. The Balaban J connectivity index is 1.53. The van der Waals surface area contributed by atoms with Gasteiger partial charge in [0.15, 0.2) is 0 Å². The number of anilines is 3. The first-order chi connectivity index (χ1) is 14.9. The number of nitrogen functional groups attached to an aromatic ring is 1. The van der Waals surface area contributed by atoms with Crippen LogP contribution < -0.4 is 16.4 Å². The summed E-state index contributed by atoms with van der Waals surface area (Å²) in [4.78, 5) is 26.5. The van der Waals surface area contributed by atoms with Gasteiger partial charge in [0.25, 0.3) is 0 Å². The molecule has 4 fully saturated rings. The van der Waals surface area contributed by atoms with E-state index in [0.717, 1.165) is 37.5 Å². The quantitative estimate of drug-likeness (QED) is 0.220. The highest BCUT2D eigenvalue weighted by molar-refractivity contribution is 5.92. The largest absolute Gasteiger partial charge is 0.450 e. The van der Waals surface area contributed by atoms with Crippen LogP contribution >= 0.6 is 0 Å². The fourth-order valence-electron chi connectivity index (χ4n) is 6.10. The maximum Gasteiger partial charge on any atom is 0.412 e. The van der Waals surface area contributed by atoms with Crippen LogP contribution in [0.3, 0.4) is 0 Å². The van der Waals surface area contributed by atoms with Gasteiger partial charge in [-0.25, -0.2) is 9.78 Å². The molecule has 5 N–H and O–H groups in total. The molecule has 11 heteroatoms. The average Bonchev–Trinajstić information content (AvgIpc) is 2.68. The third kappa shape index (κ3) is 4.21. The highest BCUT2D eigenvalue weighted by atomic mass is 16.6. The molecule has 31 heavy (non-hydrogen) atoms. The zero-order chi connectivity index (χ0) is 22.1. The molecule has 168 valence electrons. The molecule has 0 aliphatic heterocycles. The minimum absolute atomic E-state index is 0.0289. The SMILES string of the molecule is CCOC(=O)Nc1cc(NC/C(=N\O)C2C3CC4CC(C3)CC2C4)c([N+](=O)[O-])c(N)n1. The number of nitro groups is 1. The molecule has 0 saturated heterocycles. The van der Waals surface area contributed by atoms with Crippen molar-refractivity contribution in [1.82, 2.24) is 4.98 Å². The molecule has 0 spiro atoms. The molecule has 4 aliphatic rings. The first-order valence-electron chi connectivity index (χ1n) is 10.7. The van der Waals surface area contributed by atoms with Crippen LogP contribution in [-0.2, 0) is 4.74 Å². The number of aromatic nitrogens is 1. The molecule has 1 aromatic rings. The lowest BCUT2D eigenvalue weighted by atomic mass is 9.51. The summed E-state index contributed by atoms with van der Waals surface area (Å²) in [7, 11) is 0. The summed E-state index contributed by atoms with van der Waals surface area (Å²) < 4.78 is 4.82. The van der Waals surface area contributed by atoms with Crippen molar-refractivity contribution in [3.63, 3.8) is 0 Å². The van der Waals surface area contributed by atoms with E-state index in [4.69, 9.17) is 10.5 Å².